The molecule has 0 radical (unpaired) electrons. The fourth-order valence-electron chi connectivity index (χ4n) is 1.03. The Morgan fingerprint density at radius 2 is 2.40 bits per heavy atom. The molecule has 5 nitrogen and oxygen atoms in total. The number of carbonyl (C=O) groups is 1. The van der Waals surface area contributed by atoms with Crippen molar-refractivity contribution in [2.24, 2.45) is 0 Å². The smallest absolute Gasteiger partial charge is 0.269 e. The van der Waals surface area contributed by atoms with Crippen LogP contribution in [-0.4, -0.2) is 35.8 Å². The van der Waals surface area contributed by atoms with Crippen LogP contribution >= 0.6 is 0 Å². The summed E-state index contributed by atoms with van der Waals surface area (Å²) in [6, 6.07) is 3.27. The van der Waals surface area contributed by atoms with Crippen molar-refractivity contribution in [1.29, 1.82) is 0 Å². The van der Waals surface area contributed by atoms with Gasteiger partial charge in [-0.2, -0.15) is 0 Å². The summed E-state index contributed by atoms with van der Waals surface area (Å²) < 4.78 is 5.19. The minimum Gasteiger partial charge on any atom is -0.492 e. The van der Waals surface area contributed by atoms with E-state index in [-0.39, 0.29) is 19.1 Å². The van der Waals surface area contributed by atoms with E-state index in [1.165, 1.54) is 6.20 Å². The van der Waals surface area contributed by atoms with Gasteiger partial charge in [-0.05, 0) is 19.1 Å². The van der Waals surface area contributed by atoms with Gasteiger partial charge in [-0.25, -0.2) is 4.98 Å². The molecule has 1 aromatic heterocycles. The second-order valence-electron chi connectivity index (χ2n) is 2.79. The number of pyridine rings is 1. The number of aromatic nitrogens is 1. The van der Waals surface area contributed by atoms with Crippen LogP contribution in [0, 0.1) is 0 Å². The van der Waals surface area contributed by atoms with Crippen LogP contribution < -0.4 is 10.1 Å². The summed E-state index contributed by atoms with van der Waals surface area (Å²) in [5.74, 6) is 0.336. The lowest BCUT2D eigenvalue weighted by molar-refractivity contribution is 0.0939. The van der Waals surface area contributed by atoms with E-state index in [2.05, 4.69) is 10.3 Å². The van der Waals surface area contributed by atoms with Crippen molar-refractivity contribution in [1.82, 2.24) is 10.3 Å². The zero-order valence-electron chi connectivity index (χ0n) is 8.56. The average molecular weight is 210 g/mol. The van der Waals surface area contributed by atoms with Crippen molar-refractivity contribution in [3.05, 3.63) is 24.0 Å². The highest BCUT2D eigenvalue weighted by atomic mass is 16.5. The molecule has 0 saturated carbocycles. The zero-order valence-corrected chi connectivity index (χ0v) is 8.56. The van der Waals surface area contributed by atoms with Crippen molar-refractivity contribution < 1.29 is 14.6 Å². The van der Waals surface area contributed by atoms with E-state index in [9.17, 15) is 4.79 Å². The summed E-state index contributed by atoms with van der Waals surface area (Å²) in [7, 11) is 0. The van der Waals surface area contributed by atoms with Crippen LogP contribution in [0.4, 0.5) is 0 Å². The molecule has 0 saturated heterocycles. The molecule has 1 aromatic rings. The third-order valence-electron chi connectivity index (χ3n) is 1.68. The van der Waals surface area contributed by atoms with Crippen LogP contribution in [0.15, 0.2) is 18.3 Å². The Morgan fingerprint density at radius 3 is 2.93 bits per heavy atom. The van der Waals surface area contributed by atoms with E-state index in [0.717, 1.165) is 0 Å². The molecule has 15 heavy (non-hydrogen) atoms. The number of carbonyl (C=O) groups excluding carboxylic acids is 1. The maximum Gasteiger partial charge on any atom is 0.269 e. The molecule has 0 aromatic carbocycles. The second kappa shape index (κ2) is 5.98. The monoisotopic (exact) mass is 210 g/mol. The highest BCUT2D eigenvalue weighted by Gasteiger charge is 2.05. The molecule has 0 aliphatic heterocycles. The normalized spacial score (nSPS) is 9.73. The Hall–Kier alpha value is -1.62. The lowest BCUT2D eigenvalue weighted by Crippen LogP contribution is -2.27. The Labute approximate surface area is 88.1 Å². The van der Waals surface area contributed by atoms with Gasteiger partial charge in [0.25, 0.3) is 5.91 Å². The summed E-state index contributed by atoms with van der Waals surface area (Å²) >= 11 is 0. The first-order chi connectivity index (χ1) is 7.27. The first-order valence-electron chi connectivity index (χ1n) is 4.75. The molecular formula is C10H14N2O3. The number of ether oxygens (including phenoxy) is 1. The maximum atomic E-state index is 11.3. The minimum atomic E-state index is -0.299. The van der Waals surface area contributed by atoms with E-state index >= 15 is 0 Å². The van der Waals surface area contributed by atoms with Crippen LogP contribution in [0.2, 0.25) is 0 Å². The molecule has 0 fully saturated rings. The number of rotatable bonds is 5. The predicted molar refractivity (Wildman–Crippen MR) is 54.8 cm³/mol. The van der Waals surface area contributed by atoms with E-state index in [4.69, 9.17) is 9.84 Å². The molecule has 0 unspecified atom stereocenters. The van der Waals surface area contributed by atoms with Crippen LogP contribution in [0.3, 0.4) is 0 Å². The van der Waals surface area contributed by atoms with E-state index in [0.29, 0.717) is 18.1 Å². The molecule has 5 heteroatoms. The molecule has 82 valence electrons. The Kier molecular flexibility index (Phi) is 4.56. The van der Waals surface area contributed by atoms with Crippen molar-refractivity contribution in [2.45, 2.75) is 6.92 Å². The van der Waals surface area contributed by atoms with Gasteiger partial charge in [-0.3, -0.25) is 4.79 Å². The number of hydrogen-bond donors (Lipinski definition) is 2. The topological polar surface area (TPSA) is 71.5 Å². The van der Waals surface area contributed by atoms with Gasteiger partial charge in [0.1, 0.15) is 11.4 Å². The van der Waals surface area contributed by atoms with Gasteiger partial charge in [0.2, 0.25) is 0 Å². The van der Waals surface area contributed by atoms with Crippen molar-refractivity contribution in [2.75, 3.05) is 19.8 Å². The third kappa shape index (κ3) is 3.55. The van der Waals surface area contributed by atoms with Crippen LogP contribution in [-0.2, 0) is 0 Å². The fourth-order valence-corrected chi connectivity index (χ4v) is 1.03. The van der Waals surface area contributed by atoms with Gasteiger partial charge >= 0.3 is 0 Å². The van der Waals surface area contributed by atoms with E-state index in [1.807, 2.05) is 6.92 Å². The standard InChI is InChI=1S/C10H14N2O3/c1-2-15-8-3-4-9(12-7-8)10(14)11-5-6-13/h3-4,7,13H,2,5-6H2,1H3,(H,11,14). The summed E-state index contributed by atoms with van der Waals surface area (Å²) in [4.78, 5) is 15.3. The summed E-state index contributed by atoms with van der Waals surface area (Å²) in [5, 5.41) is 11.0. The largest absolute Gasteiger partial charge is 0.492 e. The van der Waals surface area contributed by atoms with Crippen LogP contribution in [0.1, 0.15) is 17.4 Å². The zero-order chi connectivity index (χ0) is 11.1. The Balaban J connectivity index is 2.58. The lowest BCUT2D eigenvalue weighted by Gasteiger charge is -2.04. The third-order valence-corrected chi connectivity index (χ3v) is 1.68. The van der Waals surface area contributed by atoms with Gasteiger partial charge in [0, 0.05) is 6.54 Å². The van der Waals surface area contributed by atoms with Gasteiger partial charge in [-0.1, -0.05) is 0 Å². The van der Waals surface area contributed by atoms with Crippen molar-refractivity contribution in [3.8, 4) is 5.75 Å². The predicted octanol–water partition coefficient (Wildman–Crippen LogP) is 0.202. The number of nitrogens with zero attached hydrogens (tertiary/aromatic N) is 1. The quantitative estimate of drug-likeness (QED) is 0.728. The first-order valence-corrected chi connectivity index (χ1v) is 4.75. The number of nitrogens with one attached hydrogen (secondary N) is 1. The number of amides is 1. The van der Waals surface area contributed by atoms with Crippen LogP contribution in [0.25, 0.3) is 0 Å². The molecule has 0 aliphatic carbocycles. The average Bonchev–Trinajstić information content (AvgIpc) is 2.27. The van der Waals surface area contributed by atoms with E-state index in [1.54, 1.807) is 12.1 Å². The van der Waals surface area contributed by atoms with Gasteiger partial charge in [-0.15, -0.1) is 0 Å². The van der Waals surface area contributed by atoms with Crippen molar-refractivity contribution in [3.63, 3.8) is 0 Å². The molecule has 0 bridgehead atoms. The Bertz CT molecular complexity index is 311. The molecule has 0 atom stereocenters. The molecule has 1 rings (SSSR count). The minimum absolute atomic E-state index is 0.0806. The number of aliphatic hydroxyl groups excluding tert-OH is 1. The molecule has 0 aliphatic rings. The SMILES string of the molecule is CCOc1ccc(C(=O)NCCO)nc1. The molecule has 2 N–H and O–H groups in total. The van der Waals surface area contributed by atoms with Crippen molar-refractivity contribution >= 4 is 5.91 Å². The molecule has 1 heterocycles. The van der Waals surface area contributed by atoms with E-state index < -0.39 is 0 Å². The maximum absolute atomic E-state index is 11.3. The van der Waals surface area contributed by atoms with Gasteiger partial charge in [0.05, 0.1) is 19.4 Å². The van der Waals surface area contributed by atoms with Gasteiger partial charge in [0.15, 0.2) is 0 Å². The van der Waals surface area contributed by atoms with Crippen LogP contribution in [0.5, 0.6) is 5.75 Å². The number of aliphatic hydroxyl groups is 1. The Morgan fingerprint density at radius 1 is 1.60 bits per heavy atom. The molecular weight excluding hydrogens is 196 g/mol. The summed E-state index contributed by atoms with van der Waals surface area (Å²) in [6.45, 7) is 2.59. The molecule has 0 spiro atoms. The summed E-state index contributed by atoms with van der Waals surface area (Å²) in [5.41, 5.74) is 0.312. The lowest BCUT2D eigenvalue weighted by atomic mass is 10.3. The first kappa shape index (κ1) is 11.5. The second-order valence-corrected chi connectivity index (χ2v) is 2.79. The molecule has 1 amide bonds. The highest BCUT2D eigenvalue weighted by Crippen LogP contribution is 2.08. The fraction of sp³-hybridized carbons (Fsp3) is 0.400. The number of hydrogen-bond acceptors (Lipinski definition) is 4. The summed E-state index contributed by atoms with van der Waals surface area (Å²) in [6.07, 6.45) is 1.50. The van der Waals surface area contributed by atoms with Gasteiger partial charge < -0.3 is 15.2 Å². The highest BCUT2D eigenvalue weighted by molar-refractivity contribution is 5.92.